The molecule has 2 aromatic rings. The van der Waals surface area contributed by atoms with Gasteiger partial charge >= 0.3 is 0 Å². The Hall–Kier alpha value is -2.54. The van der Waals surface area contributed by atoms with Crippen LogP contribution < -0.4 is 5.56 Å². The predicted molar refractivity (Wildman–Crippen MR) is 102 cm³/mol. The third-order valence-corrected chi connectivity index (χ3v) is 5.61. The zero-order valence-electron chi connectivity index (χ0n) is 15.5. The van der Waals surface area contributed by atoms with Crippen molar-refractivity contribution in [3.8, 4) is 11.3 Å². The normalized spacial score (nSPS) is 18.3. The molecule has 4 rings (SSSR count). The number of rotatable bonds is 5. The minimum Gasteiger partial charge on any atom is -0.340 e. The summed E-state index contributed by atoms with van der Waals surface area (Å²) in [5.41, 5.74) is 1.63. The van der Waals surface area contributed by atoms with Gasteiger partial charge in [-0.3, -0.25) is 19.5 Å². The average Bonchev–Trinajstić information content (AvgIpc) is 2.67. The molecular weight excluding hydrogens is 342 g/mol. The first-order chi connectivity index (χ1) is 13.2. The number of hydrogen-bond donors (Lipinski definition) is 0. The van der Waals surface area contributed by atoms with Gasteiger partial charge in [0.15, 0.2) is 0 Å². The Balaban J connectivity index is 1.33. The van der Waals surface area contributed by atoms with Crippen molar-refractivity contribution >= 4 is 5.91 Å². The summed E-state index contributed by atoms with van der Waals surface area (Å²) in [5.74, 6) is 0.610. The lowest BCUT2D eigenvalue weighted by atomic mass is 9.84. The van der Waals surface area contributed by atoms with Crippen LogP contribution in [-0.2, 0) is 11.3 Å². The van der Waals surface area contributed by atoms with E-state index >= 15 is 0 Å². The maximum atomic E-state index is 12.3. The average molecular weight is 367 g/mol. The smallest absolute Gasteiger partial charge is 0.266 e. The molecule has 7 nitrogen and oxygen atoms in total. The van der Waals surface area contributed by atoms with Crippen LogP contribution in [0.3, 0.4) is 0 Å². The molecule has 0 unspecified atom stereocenters. The van der Waals surface area contributed by atoms with Gasteiger partial charge in [0.25, 0.3) is 5.56 Å². The summed E-state index contributed by atoms with van der Waals surface area (Å²) in [7, 11) is 0. The summed E-state index contributed by atoms with van der Waals surface area (Å²) in [6.45, 7) is 4.60. The number of nitrogens with zero attached hydrogens (tertiary/aromatic N) is 5. The summed E-state index contributed by atoms with van der Waals surface area (Å²) >= 11 is 0. The van der Waals surface area contributed by atoms with Crippen molar-refractivity contribution in [3.63, 3.8) is 0 Å². The van der Waals surface area contributed by atoms with Crippen molar-refractivity contribution in [2.45, 2.75) is 25.8 Å². The van der Waals surface area contributed by atoms with Crippen LogP contribution >= 0.6 is 0 Å². The fourth-order valence-corrected chi connectivity index (χ4v) is 3.63. The van der Waals surface area contributed by atoms with E-state index in [0.717, 1.165) is 56.8 Å². The first-order valence-corrected chi connectivity index (χ1v) is 9.70. The van der Waals surface area contributed by atoms with E-state index in [9.17, 15) is 9.59 Å². The fraction of sp³-hybridized carbons (Fsp3) is 0.500. The Labute approximate surface area is 158 Å². The van der Waals surface area contributed by atoms with Gasteiger partial charge in [-0.25, -0.2) is 4.68 Å². The molecule has 0 radical (unpaired) electrons. The van der Waals surface area contributed by atoms with E-state index in [1.165, 1.54) is 11.1 Å². The van der Waals surface area contributed by atoms with Gasteiger partial charge in [-0.2, -0.15) is 5.10 Å². The lowest BCUT2D eigenvalue weighted by Gasteiger charge is -2.38. The number of carbonyl (C=O) groups is 1. The van der Waals surface area contributed by atoms with Crippen LogP contribution in [0.4, 0.5) is 0 Å². The van der Waals surface area contributed by atoms with Gasteiger partial charge in [-0.15, -0.1) is 0 Å². The predicted octanol–water partition coefficient (Wildman–Crippen LogP) is 1.25. The highest BCUT2D eigenvalue weighted by Gasteiger charge is 2.31. The lowest BCUT2D eigenvalue weighted by Crippen LogP contribution is -2.51. The van der Waals surface area contributed by atoms with Gasteiger partial charge in [-0.1, -0.05) is 6.42 Å². The summed E-state index contributed by atoms with van der Waals surface area (Å²) in [6, 6.07) is 7.09. The highest BCUT2D eigenvalue weighted by atomic mass is 16.2. The molecule has 1 aliphatic heterocycles. The number of amides is 1. The van der Waals surface area contributed by atoms with Crippen molar-refractivity contribution in [1.29, 1.82) is 0 Å². The van der Waals surface area contributed by atoms with E-state index in [2.05, 4.69) is 15.0 Å². The second-order valence-corrected chi connectivity index (χ2v) is 7.31. The van der Waals surface area contributed by atoms with Gasteiger partial charge < -0.3 is 4.90 Å². The Morgan fingerprint density at radius 2 is 1.74 bits per heavy atom. The molecule has 142 valence electrons. The van der Waals surface area contributed by atoms with Crippen LogP contribution in [-0.4, -0.2) is 63.2 Å². The van der Waals surface area contributed by atoms with Crippen LogP contribution in [0.1, 0.15) is 19.3 Å². The van der Waals surface area contributed by atoms with Crippen molar-refractivity contribution in [2.75, 3.05) is 32.7 Å². The van der Waals surface area contributed by atoms with Crippen molar-refractivity contribution < 1.29 is 4.79 Å². The molecule has 2 aromatic heterocycles. The first-order valence-electron chi connectivity index (χ1n) is 9.70. The largest absolute Gasteiger partial charge is 0.340 e. The molecule has 0 atom stereocenters. The summed E-state index contributed by atoms with van der Waals surface area (Å²) in [6.07, 6.45) is 6.74. The van der Waals surface area contributed by atoms with Crippen molar-refractivity contribution in [2.24, 2.45) is 5.92 Å². The van der Waals surface area contributed by atoms with Crippen molar-refractivity contribution in [1.82, 2.24) is 24.6 Å². The second kappa shape index (κ2) is 8.00. The minimum absolute atomic E-state index is 0.0911. The topological polar surface area (TPSA) is 71.3 Å². The molecule has 0 N–H and O–H groups in total. The maximum absolute atomic E-state index is 12.3. The van der Waals surface area contributed by atoms with E-state index in [1.807, 2.05) is 17.0 Å². The summed E-state index contributed by atoms with van der Waals surface area (Å²) in [4.78, 5) is 32.8. The van der Waals surface area contributed by atoms with Gasteiger partial charge in [0.1, 0.15) is 0 Å². The Bertz CT molecular complexity index is 839. The molecule has 1 aliphatic carbocycles. The highest BCUT2D eigenvalue weighted by Crippen LogP contribution is 2.28. The van der Waals surface area contributed by atoms with Gasteiger partial charge in [0, 0.05) is 62.7 Å². The molecule has 0 bridgehead atoms. The van der Waals surface area contributed by atoms with E-state index in [0.29, 0.717) is 12.5 Å². The second-order valence-electron chi connectivity index (χ2n) is 7.31. The maximum Gasteiger partial charge on any atom is 0.266 e. The summed E-state index contributed by atoms with van der Waals surface area (Å²) in [5, 5.41) is 4.50. The molecule has 2 fully saturated rings. The number of piperazine rings is 1. The van der Waals surface area contributed by atoms with Crippen LogP contribution in [0.2, 0.25) is 0 Å². The van der Waals surface area contributed by atoms with Crippen LogP contribution in [0.15, 0.2) is 41.5 Å². The van der Waals surface area contributed by atoms with E-state index in [-0.39, 0.29) is 11.5 Å². The Morgan fingerprint density at radius 3 is 2.41 bits per heavy atom. The Morgan fingerprint density at radius 1 is 1.00 bits per heavy atom. The van der Waals surface area contributed by atoms with Gasteiger partial charge in [-0.05, 0) is 31.0 Å². The van der Waals surface area contributed by atoms with E-state index in [1.54, 1.807) is 24.5 Å². The molecule has 1 saturated carbocycles. The summed E-state index contributed by atoms with van der Waals surface area (Å²) < 4.78 is 1.53. The number of pyridine rings is 1. The van der Waals surface area contributed by atoms with Crippen molar-refractivity contribution in [3.05, 3.63) is 47.0 Å². The van der Waals surface area contributed by atoms with Crippen LogP contribution in [0.25, 0.3) is 11.3 Å². The molecule has 1 amide bonds. The van der Waals surface area contributed by atoms with Crippen LogP contribution in [0, 0.1) is 5.92 Å². The number of aromatic nitrogens is 3. The molecule has 0 aromatic carbocycles. The highest BCUT2D eigenvalue weighted by molar-refractivity contribution is 5.79. The standard InChI is InChI=1S/C20H25N5O2/c26-19-5-4-18(16-6-8-21-9-7-16)22-25(19)15-12-23-10-13-24(14-11-23)20(27)17-2-1-3-17/h4-9,17H,1-3,10-15H2. The molecule has 27 heavy (non-hydrogen) atoms. The molecule has 3 heterocycles. The third-order valence-electron chi connectivity index (χ3n) is 5.61. The lowest BCUT2D eigenvalue weighted by molar-refractivity contribution is -0.139. The number of hydrogen-bond acceptors (Lipinski definition) is 5. The Kier molecular flexibility index (Phi) is 5.29. The molecule has 7 heteroatoms. The first kappa shape index (κ1) is 17.9. The molecule has 0 spiro atoms. The van der Waals surface area contributed by atoms with Gasteiger partial charge in [0.2, 0.25) is 5.91 Å². The van der Waals surface area contributed by atoms with Gasteiger partial charge in [0.05, 0.1) is 12.2 Å². The number of carbonyl (C=O) groups excluding carboxylic acids is 1. The zero-order chi connectivity index (χ0) is 18.6. The van der Waals surface area contributed by atoms with E-state index < -0.39 is 0 Å². The SMILES string of the molecule is O=C(C1CCC1)N1CCN(CCn2nc(-c3ccncc3)ccc2=O)CC1. The third kappa shape index (κ3) is 4.08. The molecule has 1 saturated heterocycles. The van der Waals surface area contributed by atoms with E-state index in [4.69, 9.17) is 0 Å². The molecular formula is C20H25N5O2. The van der Waals surface area contributed by atoms with Crippen LogP contribution in [0.5, 0.6) is 0 Å². The quantitative estimate of drug-likeness (QED) is 0.795. The monoisotopic (exact) mass is 367 g/mol. The fourth-order valence-electron chi connectivity index (χ4n) is 3.63. The zero-order valence-corrected chi connectivity index (χ0v) is 15.5. The minimum atomic E-state index is -0.0911. The molecule has 2 aliphatic rings.